The first-order chi connectivity index (χ1) is 7.28. The smallest absolute Gasteiger partial charge is 0.217 e. The average Bonchev–Trinajstić information content (AvgIpc) is 3.01. The Morgan fingerprint density at radius 2 is 2.33 bits per heavy atom. The standard InChI is InChI=1S/C11H16FN3/c1-2-9(5-8-3-4-8)15-11-6-10(12)13-7-14-11/h6-9H,2-5H2,1H3,(H,13,14,15). The van der Waals surface area contributed by atoms with Crippen LogP contribution in [0, 0.1) is 11.9 Å². The Morgan fingerprint density at radius 3 is 2.93 bits per heavy atom. The second kappa shape index (κ2) is 4.55. The van der Waals surface area contributed by atoms with Gasteiger partial charge in [0, 0.05) is 12.1 Å². The van der Waals surface area contributed by atoms with Crippen molar-refractivity contribution in [2.24, 2.45) is 5.92 Å². The molecule has 0 bridgehead atoms. The van der Waals surface area contributed by atoms with Gasteiger partial charge in [0.05, 0.1) is 0 Å². The van der Waals surface area contributed by atoms with Crippen molar-refractivity contribution < 1.29 is 4.39 Å². The highest BCUT2D eigenvalue weighted by molar-refractivity contribution is 5.33. The summed E-state index contributed by atoms with van der Waals surface area (Å²) in [4.78, 5) is 7.42. The fraction of sp³-hybridized carbons (Fsp3) is 0.636. The summed E-state index contributed by atoms with van der Waals surface area (Å²) in [6.45, 7) is 2.14. The molecule has 82 valence electrons. The zero-order valence-corrected chi connectivity index (χ0v) is 8.91. The van der Waals surface area contributed by atoms with Crippen LogP contribution in [0.25, 0.3) is 0 Å². The third-order valence-corrected chi connectivity index (χ3v) is 2.79. The van der Waals surface area contributed by atoms with Gasteiger partial charge in [0.15, 0.2) is 0 Å². The molecule has 0 saturated heterocycles. The van der Waals surface area contributed by atoms with Gasteiger partial charge in [-0.1, -0.05) is 19.8 Å². The van der Waals surface area contributed by atoms with E-state index >= 15 is 0 Å². The van der Waals surface area contributed by atoms with Crippen molar-refractivity contribution in [2.45, 2.75) is 38.6 Å². The number of rotatable bonds is 5. The largest absolute Gasteiger partial charge is 0.367 e. The minimum absolute atomic E-state index is 0.409. The summed E-state index contributed by atoms with van der Waals surface area (Å²) in [6, 6.07) is 1.75. The minimum atomic E-state index is -0.478. The van der Waals surface area contributed by atoms with E-state index in [0.717, 1.165) is 12.3 Å². The van der Waals surface area contributed by atoms with Crippen LogP contribution in [0.2, 0.25) is 0 Å². The van der Waals surface area contributed by atoms with Crippen LogP contribution in [0.3, 0.4) is 0 Å². The van der Waals surface area contributed by atoms with E-state index in [2.05, 4.69) is 22.2 Å². The molecular formula is C11H16FN3. The number of hydrogen-bond acceptors (Lipinski definition) is 3. The van der Waals surface area contributed by atoms with Crippen LogP contribution in [0.1, 0.15) is 32.6 Å². The molecule has 1 aliphatic rings. The molecule has 0 aromatic carbocycles. The molecule has 1 atom stereocenters. The van der Waals surface area contributed by atoms with Gasteiger partial charge in [-0.3, -0.25) is 0 Å². The van der Waals surface area contributed by atoms with E-state index in [9.17, 15) is 4.39 Å². The lowest BCUT2D eigenvalue weighted by molar-refractivity contribution is 0.570. The van der Waals surface area contributed by atoms with Gasteiger partial charge in [-0.05, 0) is 18.8 Å². The van der Waals surface area contributed by atoms with E-state index in [1.807, 2.05) is 0 Å². The maximum atomic E-state index is 12.8. The number of halogens is 1. The van der Waals surface area contributed by atoms with E-state index in [4.69, 9.17) is 0 Å². The second-order valence-corrected chi connectivity index (χ2v) is 4.15. The molecule has 1 N–H and O–H groups in total. The second-order valence-electron chi connectivity index (χ2n) is 4.15. The first kappa shape index (κ1) is 10.3. The molecule has 1 aromatic heterocycles. The fourth-order valence-electron chi connectivity index (χ4n) is 1.71. The van der Waals surface area contributed by atoms with Crippen LogP contribution in [0.5, 0.6) is 0 Å². The summed E-state index contributed by atoms with van der Waals surface area (Å²) in [5.41, 5.74) is 0. The van der Waals surface area contributed by atoms with Gasteiger partial charge in [-0.25, -0.2) is 9.97 Å². The average molecular weight is 209 g/mol. The first-order valence-electron chi connectivity index (χ1n) is 5.52. The molecular weight excluding hydrogens is 193 g/mol. The van der Waals surface area contributed by atoms with Crippen LogP contribution >= 0.6 is 0 Å². The maximum Gasteiger partial charge on any atom is 0.217 e. The van der Waals surface area contributed by atoms with Crippen LogP contribution in [-0.4, -0.2) is 16.0 Å². The monoisotopic (exact) mass is 209 g/mol. The van der Waals surface area contributed by atoms with Gasteiger partial charge >= 0.3 is 0 Å². The molecule has 0 spiro atoms. The summed E-state index contributed by atoms with van der Waals surface area (Å²) in [7, 11) is 0. The predicted octanol–water partition coefficient (Wildman–Crippen LogP) is 2.61. The van der Waals surface area contributed by atoms with E-state index < -0.39 is 5.95 Å². The van der Waals surface area contributed by atoms with Crippen molar-refractivity contribution in [3.8, 4) is 0 Å². The van der Waals surface area contributed by atoms with E-state index in [1.165, 1.54) is 31.7 Å². The quantitative estimate of drug-likeness (QED) is 0.757. The number of nitrogens with zero attached hydrogens (tertiary/aromatic N) is 2. The number of anilines is 1. The number of hydrogen-bond donors (Lipinski definition) is 1. The molecule has 0 amide bonds. The Hall–Kier alpha value is -1.19. The van der Waals surface area contributed by atoms with Gasteiger partial charge in [-0.2, -0.15) is 4.39 Å². The topological polar surface area (TPSA) is 37.8 Å². The molecule has 0 radical (unpaired) electrons. The lowest BCUT2D eigenvalue weighted by Crippen LogP contribution is -2.20. The third-order valence-electron chi connectivity index (χ3n) is 2.79. The molecule has 3 nitrogen and oxygen atoms in total. The number of nitrogens with one attached hydrogen (secondary N) is 1. The highest BCUT2D eigenvalue weighted by Gasteiger charge is 2.24. The summed E-state index contributed by atoms with van der Waals surface area (Å²) in [5, 5.41) is 3.25. The van der Waals surface area contributed by atoms with Crippen molar-refractivity contribution in [1.29, 1.82) is 0 Å². The third kappa shape index (κ3) is 3.15. The van der Waals surface area contributed by atoms with Crippen LogP contribution < -0.4 is 5.32 Å². The van der Waals surface area contributed by atoms with E-state index in [0.29, 0.717) is 11.9 Å². The predicted molar refractivity (Wildman–Crippen MR) is 57.0 cm³/mol. The molecule has 1 unspecified atom stereocenters. The van der Waals surface area contributed by atoms with Gasteiger partial charge in [0.1, 0.15) is 12.1 Å². The van der Waals surface area contributed by atoms with Crippen molar-refractivity contribution in [3.63, 3.8) is 0 Å². The maximum absolute atomic E-state index is 12.8. The van der Waals surface area contributed by atoms with Crippen molar-refractivity contribution >= 4 is 5.82 Å². The molecule has 0 aliphatic heterocycles. The number of aromatic nitrogens is 2. The molecule has 1 aliphatic carbocycles. The summed E-state index contributed by atoms with van der Waals surface area (Å²) >= 11 is 0. The molecule has 4 heteroatoms. The van der Waals surface area contributed by atoms with Gasteiger partial charge in [0.25, 0.3) is 0 Å². The molecule has 1 fully saturated rings. The highest BCUT2D eigenvalue weighted by atomic mass is 19.1. The van der Waals surface area contributed by atoms with Crippen LogP contribution in [0.15, 0.2) is 12.4 Å². The lowest BCUT2D eigenvalue weighted by Gasteiger charge is -2.16. The Balaban J connectivity index is 1.92. The Bertz CT molecular complexity index is 325. The van der Waals surface area contributed by atoms with Crippen LogP contribution in [-0.2, 0) is 0 Å². The highest BCUT2D eigenvalue weighted by Crippen LogP contribution is 2.34. The fourth-order valence-corrected chi connectivity index (χ4v) is 1.71. The Labute approximate surface area is 89.1 Å². The summed E-state index contributed by atoms with van der Waals surface area (Å²) in [6.07, 6.45) is 6.15. The molecule has 1 saturated carbocycles. The Morgan fingerprint density at radius 1 is 1.53 bits per heavy atom. The zero-order chi connectivity index (χ0) is 10.7. The lowest BCUT2D eigenvalue weighted by atomic mass is 10.1. The Kier molecular flexibility index (Phi) is 3.14. The SMILES string of the molecule is CCC(CC1CC1)Nc1cc(F)ncn1. The van der Waals surface area contributed by atoms with Crippen molar-refractivity contribution in [2.75, 3.05) is 5.32 Å². The van der Waals surface area contributed by atoms with Crippen molar-refractivity contribution in [1.82, 2.24) is 9.97 Å². The first-order valence-corrected chi connectivity index (χ1v) is 5.52. The molecule has 1 aromatic rings. The summed E-state index contributed by atoms with van der Waals surface area (Å²) in [5.74, 6) is 0.984. The van der Waals surface area contributed by atoms with E-state index in [1.54, 1.807) is 0 Å². The van der Waals surface area contributed by atoms with Crippen LogP contribution in [0.4, 0.5) is 10.2 Å². The normalized spacial score (nSPS) is 17.5. The van der Waals surface area contributed by atoms with Gasteiger partial charge in [0.2, 0.25) is 5.95 Å². The minimum Gasteiger partial charge on any atom is -0.367 e. The molecule has 1 heterocycles. The molecule has 2 rings (SSSR count). The van der Waals surface area contributed by atoms with Gasteiger partial charge in [-0.15, -0.1) is 0 Å². The molecule has 15 heavy (non-hydrogen) atoms. The van der Waals surface area contributed by atoms with Gasteiger partial charge < -0.3 is 5.32 Å². The van der Waals surface area contributed by atoms with Crippen molar-refractivity contribution in [3.05, 3.63) is 18.3 Å². The van der Waals surface area contributed by atoms with E-state index in [-0.39, 0.29) is 0 Å². The summed E-state index contributed by atoms with van der Waals surface area (Å²) < 4.78 is 12.8. The zero-order valence-electron chi connectivity index (χ0n) is 8.91.